The van der Waals surface area contributed by atoms with E-state index in [1.54, 1.807) is 20.5 Å². The number of hydrogen-bond donors (Lipinski definition) is 1. The van der Waals surface area contributed by atoms with E-state index in [-0.39, 0.29) is 5.91 Å². The molecule has 1 aromatic carbocycles. The highest BCUT2D eigenvalue weighted by Gasteiger charge is 2.17. The van der Waals surface area contributed by atoms with E-state index >= 15 is 0 Å². The summed E-state index contributed by atoms with van der Waals surface area (Å²) in [5.41, 5.74) is 4.09. The van der Waals surface area contributed by atoms with Gasteiger partial charge in [-0.2, -0.15) is 5.10 Å². The number of ether oxygens (including phenoxy) is 2. The van der Waals surface area contributed by atoms with Crippen molar-refractivity contribution in [3.8, 4) is 17.3 Å². The first kappa shape index (κ1) is 25.5. The van der Waals surface area contributed by atoms with Crippen molar-refractivity contribution < 1.29 is 14.3 Å². The Morgan fingerprint density at radius 3 is 2.47 bits per heavy atom. The van der Waals surface area contributed by atoms with Crippen LogP contribution in [0.1, 0.15) is 48.2 Å². The van der Waals surface area contributed by atoms with E-state index in [0.717, 1.165) is 53.7 Å². The number of piperidine rings is 1. The lowest BCUT2D eigenvalue weighted by molar-refractivity contribution is -0.121. The minimum absolute atomic E-state index is 0.0245. The number of nitrogens with zero attached hydrogens (tertiary/aromatic N) is 5. The number of nitrogens with one attached hydrogen (secondary N) is 1. The zero-order valence-electron chi connectivity index (χ0n) is 21.7. The molecule has 0 radical (unpaired) electrons. The Labute approximate surface area is 212 Å². The van der Waals surface area contributed by atoms with E-state index in [1.165, 1.54) is 19.3 Å². The molecule has 1 saturated heterocycles. The average molecular weight is 493 g/mol. The van der Waals surface area contributed by atoms with E-state index in [0.29, 0.717) is 30.9 Å². The first-order valence-corrected chi connectivity index (χ1v) is 12.6. The van der Waals surface area contributed by atoms with Gasteiger partial charge in [-0.25, -0.2) is 14.6 Å². The van der Waals surface area contributed by atoms with Crippen molar-refractivity contribution >= 4 is 11.7 Å². The Balaban J connectivity index is 1.33. The van der Waals surface area contributed by atoms with Gasteiger partial charge in [0.25, 0.3) is 0 Å². The van der Waals surface area contributed by atoms with E-state index in [9.17, 15) is 4.79 Å². The molecule has 2 aromatic heterocycles. The molecule has 1 amide bonds. The molecule has 0 bridgehead atoms. The van der Waals surface area contributed by atoms with Crippen molar-refractivity contribution in [2.75, 3.05) is 38.8 Å². The molecule has 1 aliphatic rings. The molecule has 0 saturated carbocycles. The number of hydrogen-bond acceptors (Lipinski definition) is 7. The van der Waals surface area contributed by atoms with Gasteiger partial charge in [-0.05, 0) is 69.2 Å². The van der Waals surface area contributed by atoms with Crippen LogP contribution in [-0.4, -0.2) is 59.5 Å². The summed E-state index contributed by atoms with van der Waals surface area (Å²) in [4.78, 5) is 23.8. The van der Waals surface area contributed by atoms with Crippen LogP contribution in [0, 0.1) is 13.8 Å². The van der Waals surface area contributed by atoms with Crippen molar-refractivity contribution in [2.45, 2.75) is 52.4 Å². The normalized spacial score (nSPS) is 13.5. The SMILES string of the molecule is COc1ccc(CCNC(=O)CCc2c(C)nn(-c3cc(N4CCCCC4)ncn3)c2C)cc1OC. The van der Waals surface area contributed by atoms with Gasteiger partial charge in [0.1, 0.15) is 12.1 Å². The van der Waals surface area contributed by atoms with E-state index in [4.69, 9.17) is 14.6 Å². The molecule has 9 heteroatoms. The Morgan fingerprint density at radius 1 is 0.972 bits per heavy atom. The van der Waals surface area contributed by atoms with Gasteiger partial charge in [-0.15, -0.1) is 0 Å². The molecule has 4 rings (SSSR count). The second kappa shape index (κ2) is 11.9. The molecule has 36 heavy (non-hydrogen) atoms. The largest absolute Gasteiger partial charge is 0.493 e. The molecule has 0 aliphatic carbocycles. The summed E-state index contributed by atoms with van der Waals surface area (Å²) in [6, 6.07) is 7.82. The fourth-order valence-electron chi connectivity index (χ4n) is 4.72. The number of carbonyl (C=O) groups is 1. The van der Waals surface area contributed by atoms with Gasteiger partial charge in [0, 0.05) is 37.8 Å². The summed E-state index contributed by atoms with van der Waals surface area (Å²) in [6.07, 6.45) is 7.03. The van der Waals surface area contributed by atoms with Crippen LogP contribution in [0.3, 0.4) is 0 Å². The summed E-state index contributed by atoms with van der Waals surface area (Å²) < 4.78 is 12.5. The molecule has 0 unspecified atom stereocenters. The molecule has 3 aromatic rings. The third-order valence-corrected chi connectivity index (χ3v) is 6.76. The Bertz CT molecular complexity index is 1190. The fraction of sp³-hybridized carbons (Fsp3) is 0.481. The number of benzene rings is 1. The summed E-state index contributed by atoms with van der Waals surface area (Å²) in [5.74, 6) is 3.12. The molecule has 9 nitrogen and oxygen atoms in total. The van der Waals surface area contributed by atoms with E-state index < -0.39 is 0 Å². The van der Waals surface area contributed by atoms with Gasteiger partial charge in [-0.3, -0.25) is 4.79 Å². The first-order chi connectivity index (χ1) is 17.5. The number of methoxy groups -OCH3 is 2. The Kier molecular flexibility index (Phi) is 8.40. The van der Waals surface area contributed by atoms with E-state index in [2.05, 4.69) is 20.2 Å². The highest BCUT2D eigenvalue weighted by molar-refractivity contribution is 5.76. The zero-order chi connectivity index (χ0) is 25.5. The maximum Gasteiger partial charge on any atom is 0.220 e. The van der Waals surface area contributed by atoms with Crippen LogP contribution in [0.25, 0.3) is 5.82 Å². The minimum atomic E-state index is 0.0245. The number of carbonyl (C=O) groups excluding carboxylic acids is 1. The van der Waals surface area contributed by atoms with Crippen LogP contribution in [0.5, 0.6) is 11.5 Å². The lowest BCUT2D eigenvalue weighted by Crippen LogP contribution is -2.30. The minimum Gasteiger partial charge on any atom is -0.493 e. The summed E-state index contributed by atoms with van der Waals surface area (Å²) in [6.45, 7) is 6.64. The van der Waals surface area contributed by atoms with Crippen molar-refractivity contribution in [2.24, 2.45) is 0 Å². The highest BCUT2D eigenvalue weighted by Crippen LogP contribution is 2.27. The number of amides is 1. The fourth-order valence-corrected chi connectivity index (χ4v) is 4.72. The van der Waals surface area contributed by atoms with Gasteiger partial charge in [0.2, 0.25) is 5.91 Å². The molecular formula is C27H36N6O3. The monoisotopic (exact) mass is 492 g/mol. The van der Waals surface area contributed by atoms with Crippen molar-refractivity contribution in [3.05, 3.63) is 53.1 Å². The average Bonchev–Trinajstić information content (AvgIpc) is 3.20. The van der Waals surface area contributed by atoms with Crippen LogP contribution in [0.15, 0.2) is 30.6 Å². The number of aromatic nitrogens is 4. The molecule has 0 spiro atoms. The molecule has 1 N–H and O–H groups in total. The summed E-state index contributed by atoms with van der Waals surface area (Å²) >= 11 is 0. The van der Waals surface area contributed by atoms with Crippen LogP contribution in [0.4, 0.5) is 5.82 Å². The molecule has 0 atom stereocenters. The van der Waals surface area contributed by atoms with Crippen LogP contribution >= 0.6 is 0 Å². The lowest BCUT2D eigenvalue weighted by Gasteiger charge is -2.27. The summed E-state index contributed by atoms with van der Waals surface area (Å²) in [5, 5.41) is 7.76. The Hall–Kier alpha value is -3.62. The summed E-state index contributed by atoms with van der Waals surface area (Å²) in [7, 11) is 3.24. The molecular weight excluding hydrogens is 456 g/mol. The predicted octanol–water partition coefficient (Wildman–Crippen LogP) is 3.58. The van der Waals surface area contributed by atoms with Crippen molar-refractivity contribution in [1.82, 2.24) is 25.1 Å². The van der Waals surface area contributed by atoms with Crippen LogP contribution in [-0.2, 0) is 17.6 Å². The highest BCUT2D eigenvalue weighted by atomic mass is 16.5. The van der Waals surface area contributed by atoms with Crippen LogP contribution < -0.4 is 19.7 Å². The maximum atomic E-state index is 12.5. The predicted molar refractivity (Wildman–Crippen MR) is 139 cm³/mol. The van der Waals surface area contributed by atoms with E-state index in [1.807, 2.05) is 42.8 Å². The molecule has 3 heterocycles. The number of anilines is 1. The van der Waals surface area contributed by atoms with Crippen molar-refractivity contribution in [3.63, 3.8) is 0 Å². The standard InChI is InChI=1S/C27H36N6O3/c1-19-22(9-11-27(34)28-13-12-21-8-10-23(35-3)24(16-21)36-4)20(2)33(31-19)26-17-25(29-18-30-26)32-14-6-5-7-15-32/h8,10,16-18H,5-7,9,11-15H2,1-4H3,(H,28,34). The number of aryl methyl sites for hydroxylation is 1. The second-order valence-electron chi connectivity index (χ2n) is 9.13. The van der Waals surface area contributed by atoms with Gasteiger partial charge in [-0.1, -0.05) is 6.07 Å². The molecule has 1 fully saturated rings. The third-order valence-electron chi connectivity index (χ3n) is 6.76. The Morgan fingerprint density at radius 2 is 1.72 bits per heavy atom. The van der Waals surface area contributed by atoms with Gasteiger partial charge < -0.3 is 19.7 Å². The third kappa shape index (κ3) is 5.95. The lowest BCUT2D eigenvalue weighted by atomic mass is 10.1. The van der Waals surface area contributed by atoms with Gasteiger partial charge >= 0.3 is 0 Å². The van der Waals surface area contributed by atoms with Gasteiger partial charge in [0.05, 0.1) is 19.9 Å². The van der Waals surface area contributed by atoms with Crippen LogP contribution in [0.2, 0.25) is 0 Å². The maximum absolute atomic E-state index is 12.5. The van der Waals surface area contributed by atoms with Crippen molar-refractivity contribution in [1.29, 1.82) is 0 Å². The smallest absolute Gasteiger partial charge is 0.220 e. The number of rotatable bonds is 10. The molecule has 1 aliphatic heterocycles. The van der Waals surface area contributed by atoms with Gasteiger partial charge in [0.15, 0.2) is 17.3 Å². The first-order valence-electron chi connectivity index (χ1n) is 12.6. The quantitative estimate of drug-likeness (QED) is 0.462. The second-order valence-corrected chi connectivity index (χ2v) is 9.13. The topological polar surface area (TPSA) is 94.4 Å². The zero-order valence-corrected chi connectivity index (χ0v) is 21.7. The molecule has 192 valence electrons.